The minimum atomic E-state index is -1.08. The monoisotopic (exact) mass is 278 g/mol. The second kappa shape index (κ2) is 5.90. The molecule has 1 aliphatic carbocycles. The Morgan fingerprint density at radius 1 is 1.45 bits per heavy atom. The summed E-state index contributed by atoms with van der Waals surface area (Å²) in [6.07, 6.45) is 4.17. The topological polar surface area (TPSA) is 92.5 Å². The van der Waals surface area contributed by atoms with Crippen molar-refractivity contribution in [2.75, 3.05) is 5.32 Å². The van der Waals surface area contributed by atoms with Gasteiger partial charge in [-0.3, -0.25) is 10.1 Å². The van der Waals surface area contributed by atoms with E-state index in [1.165, 1.54) is 24.6 Å². The first-order valence-corrected chi connectivity index (χ1v) is 6.75. The largest absolute Gasteiger partial charge is 0.478 e. The molecule has 1 aromatic carbocycles. The van der Waals surface area contributed by atoms with Crippen LogP contribution in [0.4, 0.5) is 11.4 Å². The highest BCUT2D eigenvalue weighted by Crippen LogP contribution is 2.31. The molecule has 108 valence electrons. The number of hydrogen-bond acceptors (Lipinski definition) is 4. The van der Waals surface area contributed by atoms with Gasteiger partial charge in [-0.15, -0.1) is 0 Å². The molecule has 6 nitrogen and oxygen atoms in total. The van der Waals surface area contributed by atoms with Crippen LogP contribution in [-0.2, 0) is 0 Å². The Bertz CT molecular complexity index is 530. The van der Waals surface area contributed by atoms with Gasteiger partial charge < -0.3 is 10.4 Å². The molecule has 1 fully saturated rings. The van der Waals surface area contributed by atoms with Gasteiger partial charge in [-0.25, -0.2) is 4.79 Å². The third-order valence-electron chi connectivity index (χ3n) is 3.74. The number of nitrogens with one attached hydrogen (secondary N) is 1. The second-order valence-corrected chi connectivity index (χ2v) is 5.41. The average molecular weight is 278 g/mol. The summed E-state index contributed by atoms with van der Waals surface area (Å²) in [7, 11) is 0. The lowest BCUT2D eigenvalue weighted by molar-refractivity contribution is -0.384. The summed E-state index contributed by atoms with van der Waals surface area (Å²) in [6, 6.07) is 4.02. The Labute approximate surface area is 117 Å². The van der Waals surface area contributed by atoms with Crippen LogP contribution < -0.4 is 5.32 Å². The summed E-state index contributed by atoms with van der Waals surface area (Å²) < 4.78 is 0. The van der Waals surface area contributed by atoms with Crippen molar-refractivity contribution in [3.8, 4) is 0 Å². The highest BCUT2D eigenvalue weighted by molar-refractivity contribution is 5.90. The van der Waals surface area contributed by atoms with Gasteiger partial charge in [0.1, 0.15) is 5.69 Å². The number of nitro benzene ring substituents is 1. The highest BCUT2D eigenvalue weighted by atomic mass is 16.6. The maximum absolute atomic E-state index is 11.0. The Morgan fingerprint density at radius 3 is 2.80 bits per heavy atom. The molecule has 1 saturated carbocycles. The van der Waals surface area contributed by atoms with Crippen molar-refractivity contribution in [2.24, 2.45) is 5.92 Å². The normalized spacial score (nSPS) is 22.2. The molecule has 1 aromatic rings. The molecule has 6 heteroatoms. The van der Waals surface area contributed by atoms with Gasteiger partial charge in [0, 0.05) is 12.1 Å². The van der Waals surface area contributed by atoms with Crippen LogP contribution in [0.1, 0.15) is 43.0 Å². The molecule has 20 heavy (non-hydrogen) atoms. The third kappa shape index (κ3) is 3.26. The summed E-state index contributed by atoms with van der Waals surface area (Å²) in [6.45, 7) is 2.16. The van der Waals surface area contributed by atoms with Crippen molar-refractivity contribution in [1.82, 2.24) is 0 Å². The van der Waals surface area contributed by atoms with Crippen LogP contribution in [0, 0.1) is 16.0 Å². The van der Waals surface area contributed by atoms with E-state index in [1.54, 1.807) is 0 Å². The number of carboxylic acids is 1. The van der Waals surface area contributed by atoms with Crippen LogP contribution >= 0.6 is 0 Å². The van der Waals surface area contributed by atoms with E-state index in [-0.39, 0.29) is 17.3 Å². The van der Waals surface area contributed by atoms with Gasteiger partial charge in [-0.05, 0) is 30.9 Å². The molecule has 0 heterocycles. The van der Waals surface area contributed by atoms with Crippen LogP contribution in [0.3, 0.4) is 0 Å². The first-order chi connectivity index (χ1) is 9.47. The van der Waals surface area contributed by atoms with Crippen molar-refractivity contribution in [2.45, 2.75) is 38.6 Å². The molecule has 2 atom stereocenters. The van der Waals surface area contributed by atoms with Gasteiger partial charge in [-0.2, -0.15) is 0 Å². The smallest absolute Gasteiger partial charge is 0.335 e. The molecule has 0 aromatic heterocycles. The lowest BCUT2D eigenvalue weighted by Gasteiger charge is -2.28. The average Bonchev–Trinajstić information content (AvgIpc) is 2.38. The number of carbonyl (C=O) groups is 1. The van der Waals surface area contributed by atoms with Crippen LogP contribution in [0.15, 0.2) is 18.2 Å². The summed E-state index contributed by atoms with van der Waals surface area (Å²) in [5, 5.41) is 23.2. The van der Waals surface area contributed by atoms with Crippen molar-refractivity contribution in [3.05, 3.63) is 33.9 Å². The van der Waals surface area contributed by atoms with Gasteiger partial charge in [0.2, 0.25) is 0 Å². The zero-order chi connectivity index (χ0) is 14.7. The standard InChI is InChI=1S/C14H18N2O4/c1-9-3-2-4-11(7-9)15-12-8-10(14(17)18)5-6-13(12)16(19)20/h5-6,8-9,11,15H,2-4,7H2,1H3,(H,17,18). The number of aromatic carboxylic acids is 1. The van der Waals surface area contributed by atoms with E-state index in [2.05, 4.69) is 12.2 Å². The summed E-state index contributed by atoms with van der Waals surface area (Å²) in [5.74, 6) is -0.497. The molecule has 1 aliphatic rings. The van der Waals surface area contributed by atoms with E-state index >= 15 is 0 Å². The minimum absolute atomic E-state index is 0.0574. The van der Waals surface area contributed by atoms with Crippen LogP contribution in [0.25, 0.3) is 0 Å². The summed E-state index contributed by atoms with van der Waals surface area (Å²) in [5.41, 5.74) is 0.282. The van der Waals surface area contributed by atoms with Gasteiger partial charge in [0.15, 0.2) is 0 Å². The molecular weight excluding hydrogens is 260 g/mol. The SMILES string of the molecule is CC1CCCC(Nc2cc(C(=O)O)ccc2[N+](=O)[O-])C1. The molecule has 0 aliphatic heterocycles. The number of benzene rings is 1. The lowest BCUT2D eigenvalue weighted by atomic mass is 9.87. The number of carboxylic acid groups (broad SMARTS) is 1. The predicted octanol–water partition coefficient (Wildman–Crippen LogP) is 3.28. The maximum atomic E-state index is 11.0. The Balaban J connectivity index is 2.25. The molecule has 0 amide bonds. The Morgan fingerprint density at radius 2 is 2.20 bits per heavy atom. The molecule has 0 radical (unpaired) electrons. The first-order valence-electron chi connectivity index (χ1n) is 6.75. The minimum Gasteiger partial charge on any atom is -0.478 e. The van der Waals surface area contributed by atoms with Crippen LogP contribution in [0.2, 0.25) is 0 Å². The molecule has 0 spiro atoms. The van der Waals surface area contributed by atoms with Gasteiger partial charge in [0.05, 0.1) is 10.5 Å². The fraction of sp³-hybridized carbons (Fsp3) is 0.500. The van der Waals surface area contributed by atoms with E-state index < -0.39 is 10.9 Å². The first kappa shape index (κ1) is 14.3. The number of rotatable bonds is 4. The quantitative estimate of drug-likeness (QED) is 0.651. The molecule has 2 unspecified atom stereocenters. The second-order valence-electron chi connectivity index (χ2n) is 5.41. The predicted molar refractivity (Wildman–Crippen MR) is 75.1 cm³/mol. The molecule has 0 bridgehead atoms. The Kier molecular flexibility index (Phi) is 4.22. The molecule has 2 rings (SSSR count). The number of anilines is 1. The van der Waals surface area contributed by atoms with Crippen molar-refractivity contribution in [1.29, 1.82) is 0 Å². The zero-order valence-corrected chi connectivity index (χ0v) is 11.3. The van der Waals surface area contributed by atoms with E-state index in [0.29, 0.717) is 11.6 Å². The number of nitrogens with zero attached hydrogens (tertiary/aromatic N) is 1. The van der Waals surface area contributed by atoms with Gasteiger partial charge in [0.25, 0.3) is 5.69 Å². The maximum Gasteiger partial charge on any atom is 0.335 e. The van der Waals surface area contributed by atoms with Crippen LogP contribution in [0.5, 0.6) is 0 Å². The van der Waals surface area contributed by atoms with Gasteiger partial charge >= 0.3 is 5.97 Å². The fourth-order valence-corrected chi connectivity index (χ4v) is 2.73. The zero-order valence-electron chi connectivity index (χ0n) is 11.3. The summed E-state index contributed by atoms with van der Waals surface area (Å²) in [4.78, 5) is 21.5. The van der Waals surface area contributed by atoms with Gasteiger partial charge in [-0.1, -0.05) is 19.8 Å². The van der Waals surface area contributed by atoms with E-state index in [9.17, 15) is 14.9 Å². The van der Waals surface area contributed by atoms with E-state index in [0.717, 1.165) is 19.3 Å². The van der Waals surface area contributed by atoms with Crippen LogP contribution in [-0.4, -0.2) is 22.0 Å². The summed E-state index contributed by atoms with van der Waals surface area (Å²) >= 11 is 0. The molecule has 2 N–H and O–H groups in total. The van der Waals surface area contributed by atoms with Crippen molar-refractivity contribution >= 4 is 17.3 Å². The fourth-order valence-electron chi connectivity index (χ4n) is 2.73. The van der Waals surface area contributed by atoms with E-state index in [1.807, 2.05) is 0 Å². The highest BCUT2D eigenvalue weighted by Gasteiger charge is 2.23. The number of hydrogen-bond donors (Lipinski definition) is 2. The molecule has 0 saturated heterocycles. The lowest BCUT2D eigenvalue weighted by Crippen LogP contribution is -2.26. The number of nitro groups is 1. The third-order valence-corrected chi connectivity index (χ3v) is 3.74. The van der Waals surface area contributed by atoms with E-state index in [4.69, 9.17) is 5.11 Å². The molecular formula is C14H18N2O4. The van der Waals surface area contributed by atoms with Crippen molar-refractivity contribution in [3.63, 3.8) is 0 Å². The van der Waals surface area contributed by atoms with Crippen molar-refractivity contribution < 1.29 is 14.8 Å². The Hall–Kier alpha value is -2.11.